The van der Waals surface area contributed by atoms with Gasteiger partial charge in [-0.3, -0.25) is 0 Å². The largest absolute Gasteiger partial charge is 0.429 e. The van der Waals surface area contributed by atoms with Crippen LogP contribution in [0.1, 0.15) is 33.6 Å². The molecule has 0 spiro atoms. The van der Waals surface area contributed by atoms with Gasteiger partial charge in [-0.2, -0.15) is 22.0 Å². The highest BCUT2D eigenvalue weighted by atomic mass is 19.4. The molecular weight excluding hydrogens is 267 g/mol. The van der Waals surface area contributed by atoms with Crippen LogP contribution in [0, 0.1) is 5.92 Å². The molecule has 0 N–H and O–H groups in total. The molecule has 110 valence electrons. The minimum atomic E-state index is -5.85. The maximum Gasteiger partial charge on any atom is 0.429 e. The number of hydrogen-bond donors (Lipinski definition) is 0. The number of halogens is 7. The maximum atomic E-state index is 13.1. The molecule has 0 aliphatic rings. The van der Waals surface area contributed by atoms with Crippen LogP contribution in [0.5, 0.6) is 0 Å². The molecule has 0 saturated heterocycles. The molecule has 0 aromatic carbocycles. The second-order valence-corrected chi connectivity index (χ2v) is 4.48. The maximum absolute atomic E-state index is 13.1. The van der Waals surface area contributed by atoms with E-state index in [2.05, 4.69) is 0 Å². The molecule has 0 aromatic rings. The molecule has 0 fully saturated rings. The van der Waals surface area contributed by atoms with Gasteiger partial charge in [0.1, 0.15) is 0 Å². The summed E-state index contributed by atoms with van der Waals surface area (Å²) in [5.74, 6) is -0.602. The number of rotatable bonds is 6. The summed E-state index contributed by atoms with van der Waals surface area (Å²) in [4.78, 5) is 0. The van der Waals surface area contributed by atoms with Gasteiger partial charge in [0, 0.05) is 6.54 Å². The Kier molecular flexibility index (Phi) is 5.46. The van der Waals surface area contributed by atoms with Crippen LogP contribution in [-0.4, -0.2) is 29.6 Å². The fourth-order valence-electron chi connectivity index (χ4n) is 1.37. The summed E-state index contributed by atoms with van der Waals surface area (Å²) in [6, 6.07) is -5.26. The van der Waals surface area contributed by atoms with Gasteiger partial charge in [-0.05, 0) is 19.3 Å². The van der Waals surface area contributed by atoms with E-state index in [1.807, 2.05) is 0 Å². The van der Waals surface area contributed by atoms with Gasteiger partial charge in [0.2, 0.25) is 0 Å². The molecule has 0 heterocycles. The number of nitrogens with zero attached hydrogens (tertiary/aromatic N) is 1. The smallest absolute Gasteiger partial charge is 0.226 e. The second kappa shape index (κ2) is 5.63. The van der Waals surface area contributed by atoms with Crippen LogP contribution < -0.4 is 0 Å². The average Bonchev–Trinajstić information content (AvgIpc) is 2.15. The first-order chi connectivity index (χ1) is 7.88. The Bertz CT molecular complexity index is 261. The lowest BCUT2D eigenvalue weighted by molar-refractivity contribution is -0.368. The van der Waals surface area contributed by atoms with Crippen LogP contribution >= 0.6 is 0 Å². The van der Waals surface area contributed by atoms with E-state index in [1.54, 1.807) is 6.92 Å². The third kappa shape index (κ3) is 3.49. The summed E-state index contributed by atoms with van der Waals surface area (Å²) in [5, 5.41) is -1.36. The lowest BCUT2D eigenvalue weighted by atomic mass is 10.0. The Balaban J connectivity index is 4.91. The van der Waals surface area contributed by atoms with Crippen molar-refractivity contribution in [3.8, 4) is 0 Å². The summed E-state index contributed by atoms with van der Waals surface area (Å²) < 4.78 is 88.9. The topological polar surface area (TPSA) is 3.24 Å². The zero-order chi connectivity index (χ0) is 14.8. The molecule has 0 aliphatic heterocycles. The Morgan fingerprint density at radius 1 is 1.06 bits per heavy atom. The molecule has 0 amide bonds. The van der Waals surface area contributed by atoms with E-state index < -0.39 is 35.5 Å². The molecule has 18 heavy (non-hydrogen) atoms. The highest BCUT2D eigenvalue weighted by Crippen LogP contribution is 2.47. The van der Waals surface area contributed by atoms with Gasteiger partial charge in [-0.1, -0.05) is 25.4 Å². The van der Waals surface area contributed by atoms with Crippen molar-refractivity contribution in [2.24, 2.45) is 5.92 Å². The number of alkyl halides is 6. The summed E-state index contributed by atoms with van der Waals surface area (Å²) in [6.07, 6.45) is -4.94. The quantitative estimate of drug-likeness (QED) is 0.394. The fourth-order valence-corrected chi connectivity index (χ4v) is 1.37. The third-order valence-corrected chi connectivity index (χ3v) is 2.66. The lowest BCUT2D eigenvalue weighted by Crippen LogP contribution is -2.60. The van der Waals surface area contributed by atoms with Gasteiger partial charge < -0.3 is 0 Å². The molecule has 1 nitrogen and oxygen atoms in total. The summed E-state index contributed by atoms with van der Waals surface area (Å²) in [6.45, 7) is 1.78. The molecular formula is C10H16F7N. The Morgan fingerprint density at radius 2 is 1.50 bits per heavy atom. The van der Waals surface area contributed by atoms with Gasteiger partial charge >= 0.3 is 12.2 Å². The van der Waals surface area contributed by atoms with E-state index in [9.17, 15) is 30.8 Å². The molecule has 0 radical (unpaired) electrons. The summed E-state index contributed by atoms with van der Waals surface area (Å²) >= 11 is 0. The van der Waals surface area contributed by atoms with Crippen molar-refractivity contribution in [3.05, 3.63) is 0 Å². The zero-order valence-corrected chi connectivity index (χ0v) is 10.3. The standard InChI is InChI=1S/C10H16F7N/c1-4-5-7(2)6-18(17)10(15,16)8(3,11)9(12,13)14/h7H,4-6H2,1-3H3. The Labute approximate surface area is 101 Å². The Hall–Kier alpha value is -0.530. The van der Waals surface area contributed by atoms with E-state index in [4.69, 9.17) is 0 Å². The SMILES string of the molecule is CCCC(C)CN(F)C(F)(F)C(C)(F)C(F)(F)F. The van der Waals surface area contributed by atoms with Crippen molar-refractivity contribution >= 4 is 0 Å². The normalized spacial score (nSPS) is 18.8. The van der Waals surface area contributed by atoms with E-state index in [1.165, 1.54) is 6.92 Å². The van der Waals surface area contributed by atoms with Gasteiger partial charge in [0.15, 0.2) is 0 Å². The van der Waals surface area contributed by atoms with Crippen LogP contribution in [0.2, 0.25) is 0 Å². The monoisotopic (exact) mass is 283 g/mol. The predicted molar refractivity (Wildman–Crippen MR) is 52.4 cm³/mol. The lowest BCUT2D eigenvalue weighted by Gasteiger charge is -2.35. The molecule has 2 unspecified atom stereocenters. The molecule has 8 heteroatoms. The van der Waals surface area contributed by atoms with E-state index in [0.717, 1.165) is 0 Å². The van der Waals surface area contributed by atoms with E-state index in [0.29, 0.717) is 12.8 Å². The summed E-state index contributed by atoms with van der Waals surface area (Å²) in [5.41, 5.74) is -4.94. The highest BCUT2D eigenvalue weighted by Gasteiger charge is 2.71. The van der Waals surface area contributed by atoms with Crippen molar-refractivity contribution in [1.82, 2.24) is 5.12 Å². The predicted octanol–water partition coefficient (Wildman–Crippen LogP) is 4.49. The minimum Gasteiger partial charge on any atom is -0.226 e. The first kappa shape index (κ1) is 17.5. The number of hydrogen-bond acceptors (Lipinski definition) is 1. The summed E-state index contributed by atoms with van der Waals surface area (Å²) in [7, 11) is 0. The first-order valence-electron chi connectivity index (χ1n) is 5.44. The van der Waals surface area contributed by atoms with Crippen molar-refractivity contribution in [2.75, 3.05) is 6.54 Å². The molecule has 0 bridgehead atoms. The van der Waals surface area contributed by atoms with Crippen LogP contribution in [0.4, 0.5) is 30.8 Å². The van der Waals surface area contributed by atoms with Crippen LogP contribution in [0.25, 0.3) is 0 Å². The molecule has 0 aromatic heterocycles. The van der Waals surface area contributed by atoms with E-state index >= 15 is 0 Å². The van der Waals surface area contributed by atoms with Crippen molar-refractivity contribution < 1.29 is 30.8 Å². The molecule has 0 saturated carbocycles. The van der Waals surface area contributed by atoms with Crippen molar-refractivity contribution in [2.45, 2.75) is 51.5 Å². The zero-order valence-electron chi connectivity index (χ0n) is 10.3. The van der Waals surface area contributed by atoms with Crippen LogP contribution in [-0.2, 0) is 0 Å². The van der Waals surface area contributed by atoms with Gasteiger partial charge in [-0.15, -0.1) is 4.48 Å². The highest BCUT2D eigenvalue weighted by molar-refractivity contribution is 4.94. The third-order valence-electron chi connectivity index (χ3n) is 2.66. The van der Waals surface area contributed by atoms with Crippen LogP contribution in [0.3, 0.4) is 0 Å². The van der Waals surface area contributed by atoms with Crippen molar-refractivity contribution in [3.63, 3.8) is 0 Å². The van der Waals surface area contributed by atoms with Gasteiger partial charge in [-0.25, -0.2) is 4.39 Å². The van der Waals surface area contributed by atoms with Crippen LogP contribution in [0.15, 0.2) is 0 Å². The fraction of sp³-hybridized carbons (Fsp3) is 1.00. The van der Waals surface area contributed by atoms with Gasteiger partial charge in [0.25, 0.3) is 5.67 Å². The minimum absolute atomic E-state index is 0.353. The average molecular weight is 283 g/mol. The van der Waals surface area contributed by atoms with Gasteiger partial charge in [0.05, 0.1) is 0 Å². The molecule has 2 atom stereocenters. The van der Waals surface area contributed by atoms with Crippen molar-refractivity contribution in [1.29, 1.82) is 0 Å². The molecule has 0 aliphatic carbocycles. The Morgan fingerprint density at radius 3 is 1.83 bits per heavy atom. The first-order valence-corrected chi connectivity index (χ1v) is 5.44. The van der Waals surface area contributed by atoms with E-state index in [-0.39, 0.29) is 6.92 Å². The molecule has 0 rings (SSSR count). The second-order valence-electron chi connectivity index (χ2n) is 4.48.